The predicted molar refractivity (Wildman–Crippen MR) is 38.9 cm³/mol. The lowest BCUT2D eigenvalue weighted by Gasteiger charge is -1.90. The molecule has 10 heavy (non-hydrogen) atoms. The van der Waals surface area contributed by atoms with Crippen LogP contribution in [0.5, 0.6) is 0 Å². The fraction of sp³-hybridized carbons (Fsp3) is 1.00. The molecular formula is C3H15N2O4P. The fourth-order valence-electron chi connectivity index (χ4n) is 0. The monoisotopic (exact) mass is 174 g/mol. The maximum Gasteiger partial charge on any atom is 0.466 e. The average molecular weight is 174 g/mol. The Labute approximate surface area is 60.3 Å². The number of hydrogen-bond acceptors (Lipinski definition) is 3. The third-order valence-electron chi connectivity index (χ3n) is 0. The Hall–Kier alpha value is 0.0300. The first-order chi connectivity index (χ1) is 3.73. The van der Waals surface area contributed by atoms with Crippen LogP contribution in [-0.4, -0.2) is 40.7 Å². The molecule has 66 valence electrons. The van der Waals surface area contributed by atoms with E-state index in [0.717, 1.165) is 0 Å². The number of rotatable bonds is 0. The van der Waals surface area contributed by atoms with Gasteiger partial charge in [0.15, 0.2) is 0 Å². The molecule has 0 aliphatic carbocycles. The molecule has 0 aliphatic heterocycles. The van der Waals surface area contributed by atoms with E-state index in [-0.39, 0.29) is 6.15 Å². The Balaban J connectivity index is -0.0000000910. The number of hydrogen-bond donors (Lipinski definition) is 4. The fourth-order valence-corrected chi connectivity index (χ4v) is 0. The van der Waals surface area contributed by atoms with Gasteiger partial charge in [-0.25, -0.2) is 4.57 Å². The summed E-state index contributed by atoms with van der Waals surface area (Å²) in [5.41, 5.74) is 0. The van der Waals surface area contributed by atoms with Crippen molar-refractivity contribution in [2.24, 2.45) is 0 Å². The molecule has 0 spiro atoms. The van der Waals surface area contributed by atoms with Crippen LogP contribution in [0.2, 0.25) is 0 Å². The Morgan fingerprint density at radius 3 is 1.10 bits per heavy atom. The van der Waals surface area contributed by atoms with Gasteiger partial charge in [-0.15, -0.1) is 0 Å². The van der Waals surface area contributed by atoms with Crippen LogP contribution in [0.25, 0.3) is 0 Å². The minimum Gasteiger partial charge on any atom is -0.344 e. The second-order valence-electron chi connectivity index (χ2n) is 1.85. The van der Waals surface area contributed by atoms with Crippen LogP contribution in [0.15, 0.2) is 0 Å². The van der Waals surface area contributed by atoms with E-state index in [1.165, 1.54) is 0 Å². The van der Waals surface area contributed by atoms with Crippen molar-refractivity contribution in [2.75, 3.05) is 21.1 Å². The quantitative estimate of drug-likeness (QED) is 0.365. The Kier molecular flexibility index (Phi) is 11.8. The van der Waals surface area contributed by atoms with Crippen LogP contribution < -0.4 is 6.15 Å². The number of nitrogens with zero attached hydrogens (tertiary/aromatic N) is 1. The molecule has 0 amide bonds. The van der Waals surface area contributed by atoms with E-state index in [9.17, 15) is 0 Å². The van der Waals surface area contributed by atoms with Crippen molar-refractivity contribution in [1.29, 1.82) is 0 Å². The van der Waals surface area contributed by atoms with Crippen molar-refractivity contribution in [2.45, 2.75) is 0 Å². The van der Waals surface area contributed by atoms with Gasteiger partial charge in [-0.1, -0.05) is 0 Å². The molecule has 0 rings (SSSR count). The summed E-state index contributed by atoms with van der Waals surface area (Å²) >= 11 is 0. The third-order valence-corrected chi connectivity index (χ3v) is 0. The van der Waals surface area contributed by atoms with Crippen molar-refractivity contribution < 1.29 is 19.2 Å². The summed E-state index contributed by atoms with van der Waals surface area (Å²) < 4.78 is 8.88. The molecule has 6 nitrogen and oxygen atoms in total. The highest BCUT2D eigenvalue weighted by molar-refractivity contribution is 7.45. The van der Waals surface area contributed by atoms with Gasteiger partial charge in [-0.05, 0) is 21.1 Å². The standard InChI is InChI=1S/C3H9N.H3N.H3O4P/c1-4(2)3;;1-5(2,3)4/h1-3H3;1H3;(H3,1,2,3,4). The summed E-state index contributed by atoms with van der Waals surface area (Å²) in [6, 6.07) is 0. The van der Waals surface area contributed by atoms with Gasteiger partial charge in [0.1, 0.15) is 0 Å². The van der Waals surface area contributed by atoms with Crippen LogP contribution in [0.1, 0.15) is 0 Å². The van der Waals surface area contributed by atoms with Gasteiger partial charge in [-0.2, -0.15) is 0 Å². The van der Waals surface area contributed by atoms with Gasteiger partial charge in [0.25, 0.3) is 0 Å². The molecule has 0 radical (unpaired) electrons. The zero-order valence-corrected chi connectivity index (χ0v) is 7.25. The van der Waals surface area contributed by atoms with Crippen molar-refractivity contribution in [3.63, 3.8) is 0 Å². The van der Waals surface area contributed by atoms with E-state index in [2.05, 4.69) is 0 Å². The van der Waals surface area contributed by atoms with Gasteiger partial charge in [0.05, 0.1) is 0 Å². The zero-order valence-electron chi connectivity index (χ0n) is 6.35. The molecule has 0 bridgehead atoms. The van der Waals surface area contributed by atoms with E-state index >= 15 is 0 Å². The first-order valence-corrected chi connectivity index (χ1v) is 3.69. The van der Waals surface area contributed by atoms with Gasteiger partial charge < -0.3 is 25.7 Å². The molecule has 0 fully saturated rings. The summed E-state index contributed by atoms with van der Waals surface area (Å²) in [7, 11) is 1.36. The highest BCUT2D eigenvalue weighted by Gasteiger charge is 2.00. The summed E-state index contributed by atoms with van der Waals surface area (Å²) in [5.74, 6) is 0. The van der Waals surface area contributed by atoms with Crippen LogP contribution in [0.4, 0.5) is 0 Å². The molecule has 0 atom stereocenters. The molecule has 0 aromatic rings. The van der Waals surface area contributed by atoms with Crippen molar-refractivity contribution in [3.05, 3.63) is 0 Å². The van der Waals surface area contributed by atoms with E-state index in [4.69, 9.17) is 19.2 Å². The highest BCUT2D eigenvalue weighted by Crippen LogP contribution is 2.25. The lowest BCUT2D eigenvalue weighted by Crippen LogP contribution is -1.99. The molecule has 0 aliphatic rings. The molecule has 0 saturated carbocycles. The molecule has 0 aromatic heterocycles. The van der Waals surface area contributed by atoms with Crippen LogP contribution in [-0.2, 0) is 4.57 Å². The normalized spacial score (nSPS) is 9.50. The number of phosphoric acid groups is 1. The summed E-state index contributed by atoms with van der Waals surface area (Å²) in [5, 5.41) is 0. The maximum absolute atomic E-state index is 8.88. The van der Waals surface area contributed by atoms with Crippen molar-refractivity contribution in [3.8, 4) is 0 Å². The van der Waals surface area contributed by atoms with E-state index in [0.29, 0.717) is 0 Å². The van der Waals surface area contributed by atoms with Crippen LogP contribution in [0.3, 0.4) is 0 Å². The predicted octanol–water partition coefficient (Wildman–Crippen LogP) is -0.589. The molecule has 6 N–H and O–H groups in total. The molecule has 7 heteroatoms. The van der Waals surface area contributed by atoms with Crippen LogP contribution >= 0.6 is 7.82 Å². The van der Waals surface area contributed by atoms with E-state index < -0.39 is 7.82 Å². The smallest absolute Gasteiger partial charge is 0.344 e. The molecule has 0 aromatic carbocycles. The first-order valence-electron chi connectivity index (χ1n) is 2.12. The minimum absolute atomic E-state index is 0. The maximum atomic E-state index is 8.88. The molecule has 0 heterocycles. The molecule has 0 saturated heterocycles. The lowest BCUT2D eigenvalue weighted by atomic mass is 11.0. The Morgan fingerprint density at radius 1 is 1.10 bits per heavy atom. The first kappa shape index (κ1) is 16.5. The Morgan fingerprint density at radius 2 is 1.10 bits per heavy atom. The minimum atomic E-state index is -4.64. The van der Waals surface area contributed by atoms with Gasteiger partial charge in [-0.3, -0.25) is 0 Å². The SMILES string of the molecule is CN(C)C.N.O=P(O)(O)O. The lowest BCUT2D eigenvalue weighted by molar-refractivity contribution is 0.275. The summed E-state index contributed by atoms with van der Waals surface area (Å²) in [6.45, 7) is 0. The second kappa shape index (κ2) is 7.14. The third kappa shape index (κ3) is 441000. The summed E-state index contributed by atoms with van der Waals surface area (Å²) in [4.78, 5) is 23.6. The van der Waals surface area contributed by atoms with E-state index in [1.807, 2.05) is 26.0 Å². The molecular weight excluding hydrogens is 159 g/mol. The summed E-state index contributed by atoms with van der Waals surface area (Å²) in [6.07, 6.45) is 0. The van der Waals surface area contributed by atoms with Crippen molar-refractivity contribution >= 4 is 7.82 Å². The highest BCUT2D eigenvalue weighted by atomic mass is 31.2. The van der Waals surface area contributed by atoms with Crippen molar-refractivity contribution in [1.82, 2.24) is 11.1 Å². The van der Waals surface area contributed by atoms with Gasteiger partial charge in [0, 0.05) is 0 Å². The van der Waals surface area contributed by atoms with Gasteiger partial charge in [0.2, 0.25) is 0 Å². The topological polar surface area (TPSA) is 116 Å². The Bertz CT molecular complexity index is 89.7. The van der Waals surface area contributed by atoms with Crippen LogP contribution in [0, 0.1) is 0 Å². The van der Waals surface area contributed by atoms with Gasteiger partial charge >= 0.3 is 7.82 Å². The van der Waals surface area contributed by atoms with E-state index in [1.54, 1.807) is 0 Å². The zero-order chi connectivity index (χ0) is 8.08. The largest absolute Gasteiger partial charge is 0.466 e. The average Bonchev–Trinajstić information content (AvgIpc) is 1.19. The second-order valence-corrected chi connectivity index (χ2v) is 2.88. The molecule has 0 unspecified atom stereocenters.